The van der Waals surface area contributed by atoms with E-state index in [2.05, 4.69) is 9.80 Å². The summed E-state index contributed by atoms with van der Waals surface area (Å²) in [6, 6.07) is 12.5. The van der Waals surface area contributed by atoms with E-state index in [0.29, 0.717) is 12.1 Å². The van der Waals surface area contributed by atoms with E-state index in [0.717, 1.165) is 37.6 Å². The number of halogens is 2. The number of phenols is 1. The summed E-state index contributed by atoms with van der Waals surface area (Å²) in [7, 11) is 1.65. The number of primary amides is 1. The Morgan fingerprint density at radius 3 is 2.28 bits per heavy atom. The van der Waals surface area contributed by atoms with Gasteiger partial charge in [0.15, 0.2) is 0 Å². The Hall–Kier alpha value is -2.19. The number of ether oxygens (including phenoxy) is 1. The first-order chi connectivity index (χ1) is 13.0. The van der Waals surface area contributed by atoms with Crippen LogP contribution in [0.25, 0.3) is 0 Å². The van der Waals surface area contributed by atoms with E-state index in [9.17, 15) is 15.0 Å². The maximum Gasteiger partial charge on any atom is 0.252 e. The van der Waals surface area contributed by atoms with E-state index < -0.39 is 12.0 Å². The van der Waals surface area contributed by atoms with Crippen molar-refractivity contribution in [3.05, 3.63) is 53.6 Å². The number of hydrogen-bond donors (Lipinski definition) is 3. The normalized spacial score (nSPS) is 15.0. The third-order valence-electron chi connectivity index (χ3n) is 4.91. The van der Waals surface area contributed by atoms with Crippen LogP contribution in [0.5, 0.6) is 11.5 Å². The number of carbonyl (C=O) groups excluding carboxylic acids is 1. The van der Waals surface area contributed by atoms with Crippen LogP contribution in [0.4, 0.5) is 5.69 Å². The van der Waals surface area contributed by atoms with E-state index >= 15 is 0 Å². The summed E-state index contributed by atoms with van der Waals surface area (Å²) in [6.07, 6.45) is -0.753. The van der Waals surface area contributed by atoms with Crippen LogP contribution in [0.3, 0.4) is 0 Å². The molecule has 2 aromatic rings. The fourth-order valence-corrected chi connectivity index (χ4v) is 3.29. The van der Waals surface area contributed by atoms with E-state index in [4.69, 9.17) is 10.5 Å². The molecule has 1 saturated heterocycles. The van der Waals surface area contributed by atoms with Crippen LogP contribution in [0.1, 0.15) is 22.0 Å². The summed E-state index contributed by atoms with van der Waals surface area (Å²) < 4.78 is 5.19. The molecule has 0 aliphatic carbocycles. The molecule has 1 atom stereocenters. The van der Waals surface area contributed by atoms with Crippen LogP contribution < -0.4 is 15.4 Å². The lowest BCUT2D eigenvalue weighted by Gasteiger charge is -2.37. The van der Waals surface area contributed by atoms with E-state index in [-0.39, 0.29) is 36.1 Å². The number of methoxy groups -OCH3 is 1. The predicted molar refractivity (Wildman–Crippen MR) is 118 cm³/mol. The molecule has 1 aliphatic heterocycles. The van der Waals surface area contributed by atoms with Gasteiger partial charge in [-0.25, -0.2) is 0 Å². The van der Waals surface area contributed by atoms with Gasteiger partial charge in [-0.1, -0.05) is 6.07 Å². The van der Waals surface area contributed by atoms with Gasteiger partial charge in [0.05, 0.1) is 18.8 Å². The number of anilines is 1. The molecule has 1 heterocycles. The molecule has 0 aromatic heterocycles. The molecule has 2 aromatic carbocycles. The number of amides is 1. The molecule has 9 heteroatoms. The average Bonchev–Trinajstić information content (AvgIpc) is 2.68. The number of nitrogens with two attached hydrogens (primary N) is 1. The Morgan fingerprint density at radius 1 is 1.10 bits per heavy atom. The van der Waals surface area contributed by atoms with Crippen LogP contribution in [0.15, 0.2) is 42.5 Å². The monoisotopic (exact) mass is 443 g/mol. The lowest BCUT2D eigenvalue weighted by atomic mass is 10.0. The van der Waals surface area contributed by atoms with Crippen molar-refractivity contribution in [3.63, 3.8) is 0 Å². The van der Waals surface area contributed by atoms with Gasteiger partial charge in [-0.05, 0) is 42.0 Å². The maximum atomic E-state index is 11.4. The number of aliphatic hydroxyl groups is 1. The molecule has 4 N–H and O–H groups in total. The van der Waals surface area contributed by atoms with E-state index in [1.54, 1.807) is 13.2 Å². The van der Waals surface area contributed by atoms with Gasteiger partial charge in [0.2, 0.25) is 0 Å². The highest BCUT2D eigenvalue weighted by atomic mass is 35.5. The minimum Gasteiger partial charge on any atom is -0.507 e. The number of benzene rings is 2. The van der Waals surface area contributed by atoms with E-state index in [1.807, 2.05) is 24.3 Å². The quantitative estimate of drug-likeness (QED) is 0.632. The minimum atomic E-state index is -0.753. The molecule has 29 heavy (non-hydrogen) atoms. The topological polar surface area (TPSA) is 99.3 Å². The third-order valence-corrected chi connectivity index (χ3v) is 4.91. The first-order valence-corrected chi connectivity index (χ1v) is 8.90. The van der Waals surface area contributed by atoms with Crippen molar-refractivity contribution in [1.29, 1.82) is 0 Å². The zero-order valence-electron chi connectivity index (χ0n) is 16.2. The van der Waals surface area contributed by atoms with Crippen molar-refractivity contribution < 1.29 is 19.7 Å². The second-order valence-electron chi connectivity index (χ2n) is 6.64. The number of carbonyl (C=O) groups is 1. The number of piperazine rings is 1. The molecule has 1 unspecified atom stereocenters. The predicted octanol–water partition coefficient (Wildman–Crippen LogP) is 2.20. The van der Waals surface area contributed by atoms with Crippen LogP contribution >= 0.6 is 24.8 Å². The van der Waals surface area contributed by atoms with Gasteiger partial charge in [-0.2, -0.15) is 0 Å². The molecule has 1 aliphatic rings. The molecular weight excluding hydrogens is 417 g/mol. The molecular formula is C20H27Cl2N3O4. The van der Waals surface area contributed by atoms with Gasteiger partial charge in [0.25, 0.3) is 5.91 Å². The van der Waals surface area contributed by atoms with Crippen molar-refractivity contribution in [1.82, 2.24) is 4.90 Å². The van der Waals surface area contributed by atoms with Gasteiger partial charge in [0, 0.05) is 38.4 Å². The first kappa shape index (κ1) is 24.8. The van der Waals surface area contributed by atoms with Crippen LogP contribution in [0.2, 0.25) is 0 Å². The minimum absolute atomic E-state index is 0. The summed E-state index contributed by atoms with van der Waals surface area (Å²) in [5.74, 6) is -0.0500. The Bertz CT molecular complexity index is 797. The lowest BCUT2D eigenvalue weighted by molar-refractivity contribution is 0.0995. The summed E-state index contributed by atoms with van der Waals surface area (Å²) in [5, 5.41) is 20.2. The van der Waals surface area contributed by atoms with Crippen molar-refractivity contribution in [2.24, 2.45) is 5.73 Å². The van der Waals surface area contributed by atoms with Crippen LogP contribution in [-0.2, 0) is 0 Å². The maximum absolute atomic E-state index is 11.4. The molecule has 160 valence electrons. The third kappa shape index (κ3) is 6.14. The SMILES string of the molecule is COc1ccc(N2CCN(CC(O)c3ccc(O)c(C(N)=O)c3)CC2)cc1.Cl.Cl. The van der Waals surface area contributed by atoms with E-state index in [1.165, 1.54) is 12.1 Å². The summed E-state index contributed by atoms with van der Waals surface area (Å²) >= 11 is 0. The van der Waals surface area contributed by atoms with Gasteiger partial charge < -0.3 is 25.6 Å². The molecule has 3 rings (SSSR count). The summed E-state index contributed by atoms with van der Waals surface area (Å²) in [6.45, 7) is 3.83. The molecule has 1 amide bonds. The van der Waals surface area contributed by atoms with Gasteiger partial charge in [-0.15, -0.1) is 24.8 Å². The second kappa shape index (κ2) is 11.1. The molecule has 0 bridgehead atoms. The van der Waals surface area contributed by atoms with Crippen molar-refractivity contribution in [3.8, 4) is 11.5 Å². The largest absolute Gasteiger partial charge is 0.507 e. The Kier molecular flexibility index (Phi) is 9.52. The highest BCUT2D eigenvalue weighted by Gasteiger charge is 2.21. The van der Waals surface area contributed by atoms with Gasteiger partial charge in [0.1, 0.15) is 11.5 Å². The molecule has 0 saturated carbocycles. The summed E-state index contributed by atoms with van der Waals surface area (Å²) in [5.41, 5.74) is 7.00. The van der Waals surface area contributed by atoms with Crippen LogP contribution in [-0.4, -0.2) is 60.9 Å². The molecule has 7 nitrogen and oxygen atoms in total. The number of nitrogens with zero attached hydrogens (tertiary/aromatic N) is 2. The summed E-state index contributed by atoms with van der Waals surface area (Å²) in [4.78, 5) is 15.8. The highest BCUT2D eigenvalue weighted by Crippen LogP contribution is 2.24. The number of aromatic hydroxyl groups is 1. The standard InChI is InChI=1S/C20H25N3O4.2ClH/c1-27-16-5-3-15(4-6-16)23-10-8-22(9-11-23)13-19(25)14-2-7-18(24)17(12-14)20(21)26;;/h2-7,12,19,24-25H,8-11,13H2,1H3,(H2,21,26);2*1H. The molecule has 0 radical (unpaired) electrons. The van der Waals surface area contributed by atoms with Crippen molar-refractivity contribution in [2.75, 3.05) is 44.7 Å². The molecule has 1 fully saturated rings. The average molecular weight is 444 g/mol. The first-order valence-electron chi connectivity index (χ1n) is 8.90. The number of β-amino-alcohol motifs (C(OH)–C–C–N with tert-alkyl or cyclic N) is 1. The zero-order valence-corrected chi connectivity index (χ0v) is 17.8. The second-order valence-corrected chi connectivity index (χ2v) is 6.64. The fourth-order valence-electron chi connectivity index (χ4n) is 3.29. The fraction of sp³-hybridized carbons (Fsp3) is 0.350. The van der Waals surface area contributed by atoms with Gasteiger partial charge >= 0.3 is 0 Å². The van der Waals surface area contributed by atoms with Crippen molar-refractivity contribution >= 4 is 36.4 Å². The van der Waals surface area contributed by atoms with Crippen LogP contribution in [0, 0.1) is 0 Å². The Morgan fingerprint density at radius 2 is 1.72 bits per heavy atom. The molecule has 0 spiro atoms. The number of hydrogen-bond acceptors (Lipinski definition) is 6. The smallest absolute Gasteiger partial charge is 0.252 e. The Labute approximate surface area is 182 Å². The van der Waals surface area contributed by atoms with Crippen molar-refractivity contribution in [2.45, 2.75) is 6.10 Å². The highest BCUT2D eigenvalue weighted by molar-refractivity contribution is 5.95. The zero-order chi connectivity index (χ0) is 19.4. The Balaban J connectivity index is 0.00000210. The van der Waals surface area contributed by atoms with Gasteiger partial charge in [-0.3, -0.25) is 9.69 Å². The number of aliphatic hydroxyl groups excluding tert-OH is 1. The number of rotatable bonds is 6. The lowest BCUT2D eigenvalue weighted by Crippen LogP contribution is -2.47.